The SMILES string of the molecule is CCOC=O.C[C@]1(Cc2ccc3ccccc3c2)C[C@@H]1COC=O. The lowest BCUT2D eigenvalue weighted by Gasteiger charge is -2.11. The molecule has 0 saturated heterocycles. The quantitative estimate of drug-likeness (QED) is 0.726. The average Bonchev–Trinajstić information content (AvgIpc) is 3.23. The normalized spacial score (nSPS) is 21.3. The van der Waals surface area contributed by atoms with Gasteiger partial charge < -0.3 is 9.47 Å². The standard InChI is InChI=1S/C17H18O2.C3H6O2/c1-17(10-16(17)11-19-12-18)9-13-6-7-14-4-2-3-5-15(14)8-13;1-2-5-3-4/h2-8,12,16H,9-11H2,1H3;3H,2H2,1H3/t16-,17+;/m1./s1. The van der Waals surface area contributed by atoms with Gasteiger partial charge in [-0.25, -0.2) is 0 Å². The summed E-state index contributed by atoms with van der Waals surface area (Å²) in [6.07, 6.45) is 2.21. The van der Waals surface area contributed by atoms with Crippen molar-refractivity contribution in [3.8, 4) is 0 Å². The van der Waals surface area contributed by atoms with Crippen molar-refractivity contribution in [1.82, 2.24) is 0 Å². The van der Waals surface area contributed by atoms with E-state index in [2.05, 4.69) is 54.1 Å². The van der Waals surface area contributed by atoms with E-state index in [-0.39, 0.29) is 0 Å². The summed E-state index contributed by atoms with van der Waals surface area (Å²) >= 11 is 0. The molecule has 2 aromatic rings. The smallest absolute Gasteiger partial charge is 0.293 e. The summed E-state index contributed by atoms with van der Waals surface area (Å²) in [7, 11) is 0. The van der Waals surface area contributed by atoms with E-state index in [1.54, 1.807) is 6.92 Å². The Morgan fingerprint density at radius 3 is 2.42 bits per heavy atom. The molecule has 0 spiro atoms. The Kier molecular flexibility index (Phi) is 6.36. The highest BCUT2D eigenvalue weighted by molar-refractivity contribution is 5.83. The second kappa shape index (κ2) is 8.48. The van der Waals surface area contributed by atoms with Gasteiger partial charge in [-0.3, -0.25) is 9.59 Å². The Morgan fingerprint density at radius 1 is 1.08 bits per heavy atom. The van der Waals surface area contributed by atoms with Crippen LogP contribution in [0.1, 0.15) is 25.8 Å². The summed E-state index contributed by atoms with van der Waals surface area (Å²) in [6.45, 7) is 6.06. The van der Waals surface area contributed by atoms with Crippen LogP contribution in [0.25, 0.3) is 10.8 Å². The lowest BCUT2D eigenvalue weighted by Crippen LogP contribution is -2.07. The predicted molar refractivity (Wildman–Crippen MR) is 93.6 cm³/mol. The van der Waals surface area contributed by atoms with Crippen LogP contribution in [0.15, 0.2) is 42.5 Å². The van der Waals surface area contributed by atoms with Crippen molar-refractivity contribution >= 4 is 23.7 Å². The molecule has 1 aliphatic carbocycles. The zero-order chi connectivity index (χ0) is 17.4. The Bertz CT molecular complexity index is 682. The third-order valence-electron chi connectivity index (χ3n) is 4.56. The molecule has 24 heavy (non-hydrogen) atoms. The molecule has 4 nitrogen and oxygen atoms in total. The Hall–Kier alpha value is -2.36. The first-order valence-corrected chi connectivity index (χ1v) is 8.21. The number of carbonyl (C=O) groups excluding carboxylic acids is 2. The summed E-state index contributed by atoms with van der Waals surface area (Å²) in [4.78, 5) is 19.4. The Labute approximate surface area is 142 Å². The molecule has 2 aromatic carbocycles. The van der Waals surface area contributed by atoms with Gasteiger partial charge in [0.05, 0.1) is 13.2 Å². The Balaban J connectivity index is 0.000000368. The van der Waals surface area contributed by atoms with E-state index >= 15 is 0 Å². The largest absolute Gasteiger partial charge is 0.468 e. The van der Waals surface area contributed by atoms with E-state index < -0.39 is 0 Å². The van der Waals surface area contributed by atoms with Crippen molar-refractivity contribution in [2.75, 3.05) is 13.2 Å². The van der Waals surface area contributed by atoms with Crippen molar-refractivity contribution in [1.29, 1.82) is 0 Å². The second-order valence-electron chi connectivity index (χ2n) is 6.39. The number of fused-ring (bicyclic) bond motifs is 1. The van der Waals surface area contributed by atoms with Crippen LogP contribution >= 0.6 is 0 Å². The maximum absolute atomic E-state index is 10.2. The number of hydrogen-bond donors (Lipinski definition) is 0. The topological polar surface area (TPSA) is 52.6 Å². The molecule has 0 unspecified atom stereocenters. The van der Waals surface area contributed by atoms with Crippen LogP contribution in [-0.2, 0) is 25.5 Å². The molecular formula is C20H24O4. The van der Waals surface area contributed by atoms with Crippen LogP contribution in [0.2, 0.25) is 0 Å². The molecule has 0 aliphatic heterocycles. The second-order valence-corrected chi connectivity index (χ2v) is 6.39. The van der Waals surface area contributed by atoms with Crippen LogP contribution in [0.5, 0.6) is 0 Å². The number of carbonyl (C=O) groups is 2. The van der Waals surface area contributed by atoms with Gasteiger partial charge >= 0.3 is 0 Å². The number of benzene rings is 2. The van der Waals surface area contributed by atoms with Crippen LogP contribution < -0.4 is 0 Å². The monoisotopic (exact) mass is 328 g/mol. The minimum atomic E-state index is 0.297. The summed E-state index contributed by atoms with van der Waals surface area (Å²) in [6, 6.07) is 15.1. The summed E-state index contributed by atoms with van der Waals surface area (Å²) in [5.41, 5.74) is 1.67. The maximum atomic E-state index is 10.2. The molecule has 1 aliphatic rings. The zero-order valence-corrected chi connectivity index (χ0v) is 14.2. The van der Waals surface area contributed by atoms with Gasteiger partial charge in [0.2, 0.25) is 0 Å². The van der Waals surface area contributed by atoms with Gasteiger partial charge in [0, 0.05) is 0 Å². The van der Waals surface area contributed by atoms with E-state index in [1.807, 2.05) is 0 Å². The highest BCUT2D eigenvalue weighted by Gasteiger charge is 2.49. The minimum Gasteiger partial charge on any atom is -0.468 e. The first kappa shape index (κ1) is 18.0. The van der Waals surface area contributed by atoms with Gasteiger partial charge in [0.15, 0.2) is 0 Å². The third kappa shape index (κ3) is 4.82. The van der Waals surface area contributed by atoms with Crippen LogP contribution in [0.4, 0.5) is 0 Å². The molecule has 4 heteroatoms. The van der Waals surface area contributed by atoms with E-state index in [9.17, 15) is 9.59 Å². The molecule has 1 fully saturated rings. The van der Waals surface area contributed by atoms with Crippen molar-refractivity contribution in [3.05, 3.63) is 48.0 Å². The number of rotatable bonds is 7. The molecule has 128 valence electrons. The third-order valence-corrected chi connectivity index (χ3v) is 4.56. The zero-order valence-electron chi connectivity index (χ0n) is 14.2. The van der Waals surface area contributed by atoms with Crippen LogP contribution in [0, 0.1) is 11.3 Å². The molecule has 2 atom stereocenters. The fourth-order valence-corrected chi connectivity index (χ4v) is 3.02. The minimum absolute atomic E-state index is 0.297. The van der Waals surface area contributed by atoms with E-state index in [1.165, 1.54) is 16.3 Å². The molecule has 3 rings (SSSR count). The molecular weight excluding hydrogens is 304 g/mol. The summed E-state index contributed by atoms with van der Waals surface area (Å²) in [5.74, 6) is 0.518. The highest BCUT2D eigenvalue weighted by Crippen LogP contribution is 2.54. The average molecular weight is 328 g/mol. The highest BCUT2D eigenvalue weighted by atomic mass is 16.5. The van der Waals surface area contributed by atoms with Gasteiger partial charge in [-0.2, -0.15) is 0 Å². The van der Waals surface area contributed by atoms with Crippen molar-refractivity contribution < 1.29 is 19.1 Å². The van der Waals surface area contributed by atoms with Gasteiger partial charge in [-0.1, -0.05) is 49.4 Å². The molecule has 0 bridgehead atoms. The van der Waals surface area contributed by atoms with E-state index in [4.69, 9.17) is 4.74 Å². The lowest BCUT2D eigenvalue weighted by atomic mass is 9.94. The number of hydrogen-bond acceptors (Lipinski definition) is 4. The van der Waals surface area contributed by atoms with Crippen LogP contribution in [0.3, 0.4) is 0 Å². The molecule has 0 radical (unpaired) electrons. The summed E-state index contributed by atoms with van der Waals surface area (Å²) in [5, 5.41) is 2.58. The maximum Gasteiger partial charge on any atom is 0.293 e. The summed E-state index contributed by atoms with van der Waals surface area (Å²) < 4.78 is 9.03. The fourth-order valence-electron chi connectivity index (χ4n) is 3.02. The van der Waals surface area contributed by atoms with Crippen molar-refractivity contribution in [2.24, 2.45) is 11.3 Å². The van der Waals surface area contributed by atoms with Crippen molar-refractivity contribution in [3.63, 3.8) is 0 Å². The van der Waals surface area contributed by atoms with E-state index in [0.29, 0.717) is 37.5 Å². The van der Waals surface area contributed by atoms with E-state index in [0.717, 1.165) is 12.8 Å². The fraction of sp³-hybridized carbons (Fsp3) is 0.400. The van der Waals surface area contributed by atoms with Crippen molar-refractivity contribution in [2.45, 2.75) is 26.7 Å². The molecule has 0 amide bonds. The lowest BCUT2D eigenvalue weighted by molar-refractivity contribution is -0.129. The molecule has 0 aromatic heterocycles. The molecule has 0 N–H and O–H groups in total. The first-order valence-electron chi connectivity index (χ1n) is 8.21. The van der Waals surface area contributed by atoms with Gasteiger partial charge in [-0.05, 0) is 47.4 Å². The number of ether oxygens (including phenoxy) is 2. The predicted octanol–water partition coefficient (Wildman–Crippen LogP) is 3.76. The first-order chi connectivity index (χ1) is 11.6. The van der Waals surface area contributed by atoms with Crippen LogP contribution in [-0.4, -0.2) is 26.2 Å². The molecule has 0 heterocycles. The Morgan fingerprint density at radius 2 is 1.79 bits per heavy atom. The van der Waals surface area contributed by atoms with Gasteiger partial charge in [-0.15, -0.1) is 0 Å². The molecule has 1 saturated carbocycles. The van der Waals surface area contributed by atoms with Gasteiger partial charge in [0.1, 0.15) is 0 Å². The van der Waals surface area contributed by atoms with Gasteiger partial charge in [0.25, 0.3) is 12.9 Å².